The first kappa shape index (κ1) is 16.5. The predicted octanol–water partition coefficient (Wildman–Crippen LogP) is 3.83. The third-order valence-corrected chi connectivity index (χ3v) is 4.70. The number of fused-ring (bicyclic) bond motifs is 2. The van der Waals surface area contributed by atoms with Crippen molar-refractivity contribution >= 4 is 22.5 Å². The van der Waals surface area contributed by atoms with Crippen LogP contribution in [0.15, 0.2) is 42.6 Å². The van der Waals surface area contributed by atoms with Crippen molar-refractivity contribution in [3.05, 3.63) is 59.5 Å². The third-order valence-electron chi connectivity index (χ3n) is 4.70. The van der Waals surface area contributed by atoms with Gasteiger partial charge in [-0.05, 0) is 62.9 Å². The molecule has 1 aromatic carbocycles. The lowest BCUT2D eigenvalue weighted by Crippen LogP contribution is -2.21. The first-order valence-corrected chi connectivity index (χ1v) is 8.96. The van der Waals surface area contributed by atoms with Gasteiger partial charge in [0.05, 0.1) is 11.2 Å². The first-order chi connectivity index (χ1) is 12.7. The number of hydrogen-bond donors (Lipinski definition) is 1. The Morgan fingerprint density at radius 1 is 1.15 bits per heavy atom. The van der Waals surface area contributed by atoms with E-state index in [9.17, 15) is 4.79 Å². The van der Waals surface area contributed by atoms with Gasteiger partial charge >= 0.3 is 0 Å². The van der Waals surface area contributed by atoms with Crippen LogP contribution in [0.2, 0.25) is 0 Å². The van der Waals surface area contributed by atoms with Crippen LogP contribution in [-0.2, 0) is 17.6 Å². The van der Waals surface area contributed by atoms with Crippen LogP contribution >= 0.6 is 0 Å². The van der Waals surface area contributed by atoms with Gasteiger partial charge in [-0.3, -0.25) is 14.8 Å². The molecule has 0 radical (unpaired) electrons. The summed E-state index contributed by atoms with van der Waals surface area (Å²) in [6.07, 6.45) is 6.02. The summed E-state index contributed by atoms with van der Waals surface area (Å²) < 4.78 is 5.80. The summed E-state index contributed by atoms with van der Waals surface area (Å²) in [6.45, 7) is 1.93. The molecule has 26 heavy (non-hydrogen) atoms. The van der Waals surface area contributed by atoms with Crippen LogP contribution in [0.4, 0.5) is 5.69 Å². The molecular weight excluding hydrogens is 326 g/mol. The summed E-state index contributed by atoms with van der Waals surface area (Å²) >= 11 is 0. The zero-order valence-corrected chi connectivity index (χ0v) is 14.8. The lowest BCUT2D eigenvalue weighted by atomic mass is 9.95. The highest BCUT2D eigenvalue weighted by Gasteiger charge is 2.16. The minimum absolute atomic E-state index is 0.0217. The number of amides is 1. The van der Waals surface area contributed by atoms with Gasteiger partial charge in [0.2, 0.25) is 0 Å². The number of benzene rings is 1. The van der Waals surface area contributed by atoms with E-state index in [0.717, 1.165) is 58.6 Å². The molecule has 3 aromatic rings. The van der Waals surface area contributed by atoms with Crippen molar-refractivity contribution in [3.8, 4) is 5.75 Å². The number of carbonyl (C=O) groups is 1. The topological polar surface area (TPSA) is 64.1 Å². The van der Waals surface area contributed by atoms with E-state index >= 15 is 0 Å². The largest absolute Gasteiger partial charge is 0.483 e. The van der Waals surface area contributed by atoms with Gasteiger partial charge in [0, 0.05) is 28.5 Å². The summed E-state index contributed by atoms with van der Waals surface area (Å²) in [4.78, 5) is 21.3. The SMILES string of the molecule is Cc1ccc2c(NC(=O)COc3ccnc4c3CCCC4)cccc2n1. The fraction of sp³-hybridized carbons (Fsp3) is 0.286. The van der Waals surface area contributed by atoms with E-state index in [1.807, 2.05) is 43.3 Å². The smallest absolute Gasteiger partial charge is 0.262 e. The van der Waals surface area contributed by atoms with Crippen LogP contribution < -0.4 is 10.1 Å². The van der Waals surface area contributed by atoms with Crippen molar-refractivity contribution in [3.63, 3.8) is 0 Å². The maximum absolute atomic E-state index is 12.4. The highest BCUT2D eigenvalue weighted by atomic mass is 16.5. The van der Waals surface area contributed by atoms with Crippen LogP contribution in [0.25, 0.3) is 10.9 Å². The second kappa shape index (κ2) is 7.12. The standard InChI is InChI=1S/C21H21N3O2/c1-14-9-10-15-18(23-14)7-4-8-19(15)24-21(25)13-26-20-11-12-22-17-6-3-2-5-16(17)20/h4,7-12H,2-3,5-6,13H2,1H3,(H,24,25). The Kier molecular flexibility index (Phi) is 4.52. The molecule has 5 heteroatoms. The summed E-state index contributed by atoms with van der Waals surface area (Å²) in [5.74, 6) is 0.597. The molecule has 1 aliphatic carbocycles. The number of pyridine rings is 2. The zero-order valence-electron chi connectivity index (χ0n) is 14.8. The van der Waals surface area contributed by atoms with Crippen molar-refractivity contribution < 1.29 is 9.53 Å². The van der Waals surface area contributed by atoms with Crippen molar-refractivity contribution in [2.45, 2.75) is 32.6 Å². The number of aromatic nitrogens is 2. The molecule has 132 valence electrons. The second-order valence-electron chi connectivity index (χ2n) is 6.60. The molecule has 0 bridgehead atoms. The van der Waals surface area contributed by atoms with E-state index in [4.69, 9.17) is 4.74 Å². The summed E-state index contributed by atoms with van der Waals surface area (Å²) in [7, 11) is 0. The second-order valence-corrected chi connectivity index (χ2v) is 6.60. The van der Waals surface area contributed by atoms with Crippen molar-refractivity contribution in [2.24, 2.45) is 0 Å². The Hall–Kier alpha value is -2.95. The van der Waals surface area contributed by atoms with Crippen LogP contribution in [0.5, 0.6) is 5.75 Å². The third kappa shape index (κ3) is 3.38. The Balaban J connectivity index is 1.47. The number of carbonyl (C=O) groups excluding carboxylic acids is 1. The maximum atomic E-state index is 12.4. The van der Waals surface area contributed by atoms with E-state index in [0.29, 0.717) is 0 Å². The Labute approximate surface area is 152 Å². The molecule has 4 rings (SSSR count). The molecule has 5 nitrogen and oxygen atoms in total. The molecule has 0 atom stereocenters. The molecule has 0 saturated heterocycles. The quantitative estimate of drug-likeness (QED) is 0.779. The van der Waals surface area contributed by atoms with Crippen molar-refractivity contribution in [1.82, 2.24) is 9.97 Å². The van der Waals surface area contributed by atoms with E-state index in [1.54, 1.807) is 6.20 Å². The van der Waals surface area contributed by atoms with Gasteiger partial charge in [-0.25, -0.2) is 0 Å². The van der Waals surface area contributed by atoms with Crippen LogP contribution in [0.3, 0.4) is 0 Å². The number of anilines is 1. The van der Waals surface area contributed by atoms with Crippen LogP contribution in [-0.4, -0.2) is 22.5 Å². The van der Waals surface area contributed by atoms with E-state index in [-0.39, 0.29) is 12.5 Å². The van der Waals surface area contributed by atoms with Gasteiger partial charge in [0.1, 0.15) is 5.75 Å². The number of aryl methyl sites for hydroxylation is 2. The lowest BCUT2D eigenvalue weighted by Gasteiger charge is -2.18. The predicted molar refractivity (Wildman–Crippen MR) is 101 cm³/mol. The fourth-order valence-corrected chi connectivity index (χ4v) is 3.42. The van der Waals surface area contributed by atoms with E-state index in [1.165, 1.54) is 6.42 Å². The molecule has 0 saturated carbocycles. The maximum Gasteiger partial charge on any atom is 0.262 e. The average Bonchev–Trinajstić information content (AvgIpc) is 2.66. The van der Waals surface area contributed by atoms with Gasteiger partial charge < -0.3 is 10.1 Å². The first-order valence-electron chi connectivity index (χ1n) is 8.96. The van der Waals surface area contributed by atoms with Gasteiger partial charge in [0.25, 0.3) is 5.91 Å². The number of nitrogens with one attached hydrogen (secondary N) is 1. The molecule has 2 heterocycles. The lowest BCUT2D eigenvalue weighted by molar-refractivity contribution is -0.118. The van der Waals surface area contributed by atoms with Gasteiger partial charge in [-0.1, -0.05) is 6.07 Å². The number of nitrogens with zero attached hydrogens (tertiary/aromatic N) is 2. The minimum Gasteiger partial charge on any atom is -0.483 e. The van der Waals surface area contributed by atoms with Crippen molar-refractivity contribution in [2.75, 3.05) is 11.9 Å². The van der Waals surface area contributed by atoms with E-state index < -0.39 is 0 Å². The molecule has 0 aliphatic heterocycles. The Bertz CT molecular complexity index is 969. The molecule has 1 aliphatic rings. The minimum atomic E-state index is -0.181. The molecule has 0 spiro atoms. The number of hydrogen-bond acceptors (Lipinski definition) is 4. The zero-order chi connectivity index (χ0) is 17.9. The molecular formula is C21H21N3O2. The average molecular weight is 347 g/mol. The Morgan fingerprint density at radius 2 is 2.04 bits per heavy atom. The number of rotatable bonds is 4. The molecule has 1 N–H and O–H groups in total. The van der Waals surface area contributed by atoms with E-state index in [2.05, 4.69) is 15.3 Å². The molecule has 0 unspecified atom stereocenters. The summed E-state index contributed by atoms with van der Waals surface area (Å²) in [5, 5.41) is 3.86. The highest BCUT2D eigenvalue weighted by Crippen LogP contribution is 2.28. The molecule has 0 fully saturated rings. The summed E-state index contributed by atoms with van der Waals surface area (Å²) in [6, 6.07) is 11.5. The van der Waals surface area contributed by atoms with Crippen LogP contribution in [0.1, 0.15) is 29.8 Å². The fourth-order valence-electron chi connectivity index (χ4n) is 3.42. The normalized spacial score (nSPS) is 13.3. The van der Waals surface area contributed by atoms with Crippen LogP contribution in [0, 0.1) is 6.92 Å². The summed E-state index contributed by atoms with van der Waals surface area (Å²) in [5.41, 5.74) is 4.82. The van der Waals surface area contributed by atoms with Crippen molar-refractivity contribution in [1.29, 1.82) is 0 Å². The molecule has 1 amide bonds. The monoisotopic (exact) mass is 347 g/mol. The molecule has 2 aromatic heterocycles. The highest BCUT2D eigenvalue weighted by molar-refractivity contribution is 6.01. The number of ether oxygens (including phenoxy) is 1. The van der Waals surface area contributed by atoms with Gasteiger partial charge in [-0.2, -0.15) is 0 Å². The van der Waals surface area contributed by atoms with Gasteiger partial charge in [-0.15, -0.1) is 0 Å². The Morgan fingerprint density at radius 3 is 2.96 bits per heavy atom. The van der Waals surface area contributed by atoms with Gasteiger partial charge in [0.15, 0.2) is 6.61 Å².